The number of benzene rings is 5. The van der Waals surface area contributed by atoms with Gasteiger partial charge in [-0.15, -0.1) is 0 Å². The molecule has 0 radical (unpaired) electrons. The second-order valence-electron chi connectivity index (χ2n) is 11.8. The minimum atomic E-state index is -1.99. The van der Waals surface area contributed by atoms with Gasteiger partial charge in [-0.05, 0) is 68.5 Å². The lowest BCUT2D eigenvalue weighted by molar-refractivity contribution is 0.454. The molecule has 0 amide bonds. The fourth-order valence-electron chi connectivity index (χ4n) is 7.36. The van der Waals surface area contributed by atoms with E-state index in [-0.39, 0.29) is 67.8 Å². The molecule has 5 aromatic rings. The minimum Gasteiger partial charge on any atom is -0.232 e. The second kappa shape index (κ2) is 12.5. The van der Waals surface area contributed by atoms with Gasteiger partial charge in [0, 0.05) is 10.4 Å². The summed E-state index contributed by atoms with van der Waals surface area (Å²) in [6.45, 7) is 22.8. The van der Waals surface area contributed by atoms with Crippen molar-refractivity contribution in [2.75, 3.05) is 0 Å². The number of halogens is 8. The third-order valence-electron chi connectivity index (χ3n) is 9.42. The average Bonchev–Trinajstić information content (AvgIpc) is 3.75. The molecule has 0 spiro atoms. The summed E-state index contributed by atoms with van der Waals surface area (Å²) in [4.78, 5) is 9.23. The second-order valence-corrected chi connectivity index (χ2v) is 11.8. The van der Waals surface area contributed by atoms with Crippen molar-refractivity contribution >= 4 is 17.1 Å². The summed E-state index contributed by atoms with van der Waals surface area (Å²) in [7, 11) is 0. The lowest BCUT2D eigenvalue weighted by atomic mass is 9.86. The molecule has 0 atom stereocenters. The van der Waals surface area contributed by atoms with Gasteiger partial charge in [-0.25, -0.2) is 60.2 Å². The zero-order valence-corrected chi connectivity index (χ0v) is 26.6. The van der Waals surface area contributed by atoms with Gasteiger partial charge in [-0.1, -0.05) is 36.4 Å². The summed E-state index contributed by atoms with van der Waals surface area (Å²) >= 11 is 0. The molecule has 0 saturated carbocycles. The van der Waals surface area contributed by atoms with Gasteiger partial charge in [-0.3, -0.25) is 0 Å². The first kappa shape index (κ1) is 34.7. The molecule has 2 aliphatic rings. The Morgan fingerprint density at radius 3 is 1.24 bits per heavy atom. The van der Waals surface area contributed by atoms with Crippen LogP contribution in [-0.4, -0.2) is 0 Å². The summed E-state index contributed by atoms with van der Waals surface area (Å²) in [5.74, 6) is -15.7. The van der Waals surface area contributed by atoms with E-state index in [9.17, 15) is 19.3 Å². The smallest absolute Gasteiger partial charge is 0.232 e. The number of nitriles is 3. The maximum Gasteiger partial charge on any atom is 0.269 e. The molecule has 0 heterocycles. The Morgan fingerprint density at radius 2 is 0.907 bits per heavy atom. The van der Waals surface area contributed by atoms with E-state index in [1.807, 2.05) is 0 Å². The first-order valence-electron chi connectivity index (χ1n) is 15.2. The Morgan fingerprint density at radius 1 is 0.519 bits per heavy atom. The molecule has 0 aromatic heterocycles. The van der Waals surface area contributed by atoms with Crippen molar-refractivity contribution in [2.45, 2.75) is 12.8 Å². The molecule has 5 aromatic carbocycles. The molecule has 256 valence electrons. The van der Waals surface area contributed by atoms with Crippen LogP contribution in [0.25, 0.3) is 70.4 Å². The van der Waals surface area contributed by atoms with Crippen LogP contribution < -0.4 is 10.4 Å². The van der Waals surface area contributed by atoms with Gasteiger partial charge in [-0.2, -0.15) is 5.26 Å². The van der Waals surface area contributed by atoms with Gasteiger partial charge in [0.2, 0.25) is 0 Å². The fourth-order valence-corrected chi connectivity index (χ4v) is 7.36. The quantitative estimate of drug-likeness (QED) is 0.101. The summed E-state index contributed by atoms with van der Waals surface area (Å²) in [6, 6.07) is 12.2. The van der Waals surface area contributed by atoms with Crippen molar-refractivity contribution in [1.29, 1.82) is 15.8 Å². The van der Waals surface area contributed by atoms with Crippen molar-refractivity contribution in [3.63, 3.8) is 0 Å². The number of rotatable bonds is 2. The zero-order chi connectivity index (χ0) is 38.9. The molecule has 2 aliphatic carbocycles. The Bertz CT molecular complexity index is 2760. The van der Waals surface area contributed by atoms with Gasteiger partial charge < -0.3 is 0 Å². The summed E-state index contributed by atoms with van der Waals surface area (Å²) in [5, 5.41) is 29.2. The van der Waals surface area contributed by atoms with E-state index >= 15 is 26.3 Å². The zero-order valence-electron chi connectivity index (χ0n) is 26.6. The molecule has 0 fully saturated rings. The van der Waals surface area contributed by atoms with Crippen LogP contribution in [0.5, 0.6) is 0 Å². The van der Waals surface area contributed by atoms with Crippen molar-refractivity contribution in [1.82, 2.24) is 0 Å². The maximum absolute atomic E-state index is 15.7. The largest absolute Gasteiger partial charge is 0.269 e. The molecule has 0 aliphatic heterocycles. The third-order valence-corrected chi connectivity index (χ3v) is 9.42. The van der Waals surface area contributed by atoms with Gasteiger partial charge in [0.05, 0.1) is 43.0 Å². The lowest BCUT2D eigenvalue weighted by Gasteiger charge is -2.18. The third kappa shape index (κ3) is 4.45. The number of hydrogen-bond acceptors (Lipinski definition) is 3. The normalized spacial score (nSPS) is 12.8. The van der Waals surface area contributed by atoms with Crippen LogP contribution in [0.3, 0.4) is 0 Å². The Kier molecular flexibility index (Phi) is 8.00. The lowest BCUT2D eigenvalue weighted by Crippen LogP contribution is -2.26. The fraction of sp³-hybridized carbons (Fsp3) is 0.0500. The number of fused-ring (bicyclic) bond motifs is 6. The van der Waals surface area contributed by atoms with E-state index in [0.717, 1.165) is 18.2 Å². The van der Waals surface area contributed by atoms with Crippen LogP contribution in [0.4, 0.5) is 40.8 Å². The van der Waals surface area contributed by atoms with Crippen molar-refractivity contribution in [2.24, 2.45) is 0 Å². The van der Waals surface area contributed by atoms with Crippen LogP contribution in [0, 0.1) is 100 Å². The monoisotopic (exact) mass is 726 g/mol. The highest BCUT2D eigenvalue weighted by Crippen LogP contribution is 2.49. The minimum absolute atomic E-state index is 0.00419. The van der Waals surface area contributed by atoms with E-state index in [0.29, 0.717) is 0 Å². The first-order valence-corrected chi connectivity index (χ1v) is 15.2. The molecule has 0 unspecified atom stereocenters. The van der Waals surface area contributed by atoms with Crippen molar-refractivity contribution < 1.29 is 35.1 Å². The summed E-state index contributed by atoms with van der Waals surface area (Å²) < 4.78 is 123. The van der Waals surface area contributed by atoms with E-state index in [1.165, 1.54) is 24.3 Å². The topological polar surface area (TPSA) is 84.4 Å². The summed E-state index contributed by atoms with van der Waals surface area (Å²) in [6.07, 6.45) is -0.584. The molecular weight excluding hydrogens is 716 g/mol. The van der Waals surface area contributed by atoms with Crippen LogP contribution >= 0.6 is 0 Å². The van der Waals surface area contributed by atoms with Crippen LogP contribution in [-0.2, 0) is 12.8 Å². The number of hydrogen-bond donors (Lipinski definition) is 0. The van der Waals surface area contributed by atoms with Crippen LogP contribution in [0.15, 0.2) is 36.4 Å². The van der Waals surface area contributed by atoms with Crippen molar-refractivity contribution in [3.8, 4) is 62.7 Å². The molecule has 0 saturated heterocycles. The molecular formula is C40H10F8N6. The standard InChI is InChI=1S/C40H10F8N6/c1-52-22(13-50)26-20-11-16-7-5-9-18(31-36(45)38(47)40(54-3)39(48)37(31)46)25(16)29(20)27(23(14-51)53-2)19-10-15-6-4-8-17(24(15)28(19)26)30-34(43)32(41)21(12-49)33(42)35(30)44/h4-9H,10-11H2/b26-22+,27-23-. The molecule has 6 nitrogen and oxygen atoms in total. The Hall–Kier alpha value is -7.78. The highest BCUT2D eigenvalue weighted by Gasteiger charge is 2.37. The van der Waals surface area contributed by atoms with Crippen molar-refractivity contribution in [3.05, 3.63) is 155 Å². The van der Waals surface area contributed by atoms with E-state index in [4.69, 9.17) is 25.0 Å². The molecule has 14 heteroatoms. The van der Waals surface area contributed by atoms with Gasteiger partial charge in [0.1, 0.15) is 11.6 Å². The highest BCUT2D eigenvalue weighted by atomic mass is 19.2. The van der Waals surface area contributed by atoms with E-state index < -0.39 is 91.4 Å². The van der Waals surface area contributed by atoms with Gasteiger partial charge >= 0.3 is 0 Å². The van der Waals surface area contributed by atoms with Crippen LogP contribution in [0.2, 0.25) is 0 Å². The van der Waals surface area contributed by atoms with E-state index in [2.05, 4.69) is 14.5 Å². The van der Waals surface area contributed by atoms with Gasteiger partial charge in [0.25, 0.3) is 17.1 Å². The SMILES string of the molecule is [C-]#[N+]/C(C#N)=c1/c2c(/c(=C(\C#N)[N+]#[C-])c3c1-c1c(cccc1-c1c(F)c(F)c([N+]#[C-])c(F)c1F)C3)-c1c(cccc1-c1c(F)c(F)c(C#N)c(F)c1F)C2. The number of nitrogens with zero attached hydrogens (tertiary/aromatic N) is 6. The first-order chi connectivity index (χ1) is 25.9. The predicted molar refractivity (Wildman–Crippen MR) is 175 cm³/mol. The maximum atomic E-state index is 15.7. The molecule has 0 bridgehead atoms. The molecule has 54 heavy (non-hydrogen) atoms. The molecule has 0 N–H and O–H groups in total. The highest BCUT2D eigenvalue weighted by molar-refractivity contribution is 6.00. The Labute approximate surface area is 298 Å². The predicted octanol–water partition coefficient (Wildman–Crippen LogP) is 8.80. The van der Waals surface area contributed by atoms with Gasteiger partial charge in [0.15, 0.2) is 46.5 Å². The molecule has 7 rings (SSSR count). The van der Waals surface area contributed by atoms with E-state index in [1.54, 1.807) is 12.1 Å². The van der Waals surface area contributed by atoms with Crippen LogP contribution in [0.1, 0.15) is 27.8 Å². The Balaban J connectivity index is 1.72. The summed E-state index contributed by atoms with van der Waals surface area (Å²) in [5.41, 5.74) is -7.90. The average molecular weight is 727 g/mol.